The molecule has 0 radical (unpaired) electrons. The van der Waals surface area contributed by atoms with Gasteiger partial charge in [-0.3, -0.25) is 4.90 Å². The third-order valence-electron chi connectivity index (χ3n) is 4.15. The molecule has 1 fully saturated rings. The topological polar surface area (TPSA) is 29.3 Å². The van der Waals surface area contributed by atoms with Crippen LogP contribution in [-0.2, 0) is 6.54 Å². The van der Waals surface area contributed by atoms with E-state index in [2.05, 4.69) is 43.0 Å². The van der Waals surface area contributed by atoms with Crippen LogP contribution in [0.15, 0.2) is 22.9 Å². The molecule has 20 heavy (non-hydrogen) atoms. The van der Waals surface area contributed by atoms with Crippen molar-refractivity contribution in [2.24, 2.45) is 0 Å². The number of nitrogens with zero attached hydrogens (tertiary/aromatic N) is 2. The van der Waals surface area contributed by atoms with Crippen molar-refractivity contribution in [1.82, 2.24) is 10.1 Å². The van der Waals surface area contributed by atoms with Crippen LogP contribution >= 0.6 is 0 Å². The van der Waals surface area contributed by atoms with E-state index < -0.39 is 0 Å². The molecule has 0 aliphatic carbocycles. The van der Waals surface area contributed by atoms with Crippen LogP contribution in [0, 0.1) is 20.8 Å². The minimum absolute atomic E-state index is 0.950. The fourth-order valence-electron chi connectivity index (χ4n) is 3.31. The fourth-order valence-corrected chi connectivity index (χ4v) is 3.31. The number of hydrogen-bond acceptors (Lipinski definition) is 3. The molecule has 1 saturated heterocycles. The van der Waals surface area contributed by atoms with Crippen LogP contribution in [0.4, 0.5) is 0 Å². The summed E-state index contributed by atoms with van der Waals surface area (Å²) in [5.74, 6) is 0. The average Bonchev–Trinajstić information content (AvgIpc) is 3.01. The Kier molecular flexibility index (Phi) is 3.62. The van der Waals surface area contributed by atoms with Gasteiger partial charge in [0.15, 0.2) is 0 Å². The van der Waals surface area contributed by atoms with Crippen molar-refractivity contribution < 1.29 is 4.52 Å². The Morgan fingerprint density at radius 3 is 2.40 bits per heavy atom. The normalized spacial score (nSPS) is 15.9. The lowest BCUT2D eigenvalue weighted by Crippen LogP contribution is -2.18. The number of aryl methyl sites for hydroxylation is 3. The molecule has 1 aromatic heterocycles. The van der Waals surface area contributed by atoms with Crippen molar-refractivity contribution in [3.8, 4) is 11.3 Å². The first-order valence-corrected chi connectivity index (χ1v) is 7.39. The van der Waals surface area contributed by atoms with Crippen molar-refractivity contribution in [3.63, 3.8) is 0 Å². The van der Waals surface area contributed by atoms with E-state index in [4.69, 9.17) is 4.52 Å². The van der Waals surface area contributed by atoms with Gasteiger partial charge in [0.25, 0.3) is 0 Å². The predicted octanol–water partition coefficient (Wildman–Crippen LogP) is 3.86. The maximum absolute atomic E-state index is 5.27. The molecule has 0 saturated carbocycles. The summed E-state index contributed by atoms with van der Waals surface area (Å²) in [5, 5.41) is 4.28. The Balaban J connectivity index is 1.96. The van der Waals surface area contributed by atoms with Gasteiger partial charge in [-0.25, -0.2) is 0 Å². The SMILES string of the molecule is Cc1cc(C)c(-c2nocc2CN2CCCC2)c(C)c1. The first-order chi connectivity index (χ1) is 9.65. The number of aromatic nitrogens is 1. The van der Waals surface area contributed by atoms with Gasteiger partial charge in [-0.05, 0) is 57.8 Å². The van der Waals surface area contributed by atoms with Gasteiger partial charge < -0.3 is 4.52 Å². The highest BCUT2D eigenvalue weighted by Crippen LogP contribution is 2.31. The molecule has 106 valence electrons. The first-order valence-electron chi connectivity index (χ1n) is 7.39. The third-order valence-corrected chi connectivity index (χ3v) is 4.15. The zero-order valence-electron chi connectivity index (χ0n) is 12.6. The highest BCUT2D eigenvalue weighted by atomic mass is 16.5. The molecule has 2 aromatic rings. The number of hydrogen-bond donors (Lipinski definition) is 0. The lowest BCUT2D eigenvalue weighted by Gasteiger charge is -2.15. The van der Waals surface area contributed by atoms with Gasteiger partial charge in [0, 0.05) is 17.7 Å². The van der Waals surface area contributed by atoms with Gasteiger partial charge in [-0.2, -0.15) is 0 Å². The second-order valence-electron chi connectivity index (χ2n) is 5.95. The van der Waals surface area contributed by atoms with Gasteiger partial charge in [-0.1, -0.05) is 22.9 Å². The maximum atomic E-state index is 5.27. The molecule has 0 N–H and O–H groups in total. The van der Waals surface area contributed by atoms with E-state index in [1.807, 2.05) is 6.26 Å². The second-order valence-corrected chi connectivity index (χ2v) is 5.95. The van der Waals surface area contributed by atoms with E-state index in [-0.39, 0.29) is 0 Å². The summed E-state index contributed by atoms with van der Waals surface area (Å²) in [6, 6.07) is 4.44. The van der Waals surface area contributed by atoms with Gasteiger partial charge >= 0.3 is 0 Å². The molecule has 1 aliphatic heterocycles. The van der Waals surface area contributed by atoms with Gasteiger partial charge in [0.1, 0.15) is 12.0 Å². The van der Waals surface area contributed by atoms with Crippen molar-refractivity contribution in [3.05, 3.63) is 40.6 Å². The number of likely N-dealkylation sites (tertiary alicyclic amines) is 1. The smallest absolute Gasteiger partial charge is 0.128 e. The zero-order valence-corrected chi connectivity index (χ0v) is 12.6. The second kappa shape index (κ2) is 5.41. The Morgan fingerprint density at radius 1 is 1.10 bits per heavy atom. The van der Waals surface area contributed by atoms with Crippen LogP contribution in [0.2, 0.25) is 0 Å². The maximum Gasteiger partial charge on any atom is 0.128 e. The summed E-state index contributed by atoms with van der Waals surface area (Å²) >= 11 is 0. The molecule has 0 amide bonds. The molecule has 3 rings (SSSR count). The van der Waals surface area contributed by atoms with E-state index in [0.717, 1.165) is 12.2 Å². The molecule has 0 atom stereocenters. The summed E-state index contributed by atoms with van der Waals surface area (Å²) < 4.78 is 5.27. The summed E-state index contributed by atoms with van der Waals surface area (Å²) in [7, 11) is 0. The molecular weight excluding hydrogens is 248 g/mol. The third kappa shape index (κ3) is 2.50. The summed E-state index contributed by atoms with van der Waals surface area (Å²) in [6.45, 7) is 9.78. The molecule has 0 spiro atoms. The molecule has 2 heterocycles. The lowest BCUT2D eigenvalue weighted by atomic mass is 9.95. The van der Waals surface area contributed by atoms with Gasteiger partial charge in [0.2, 0.25) is 0 Å². The Morgan fingerprint density at radius 2 is 1.75 bits per heavy atom. The number of rotatable bonds is 3. The first kappa shape index (κ1) is 13.4. The highest BCUT2D eigenvalue weighted by molar-refractivity contribution is 5.70. The van der Waals surface area contributed by atoms with Crippen LogP contribution in [0.3, 0.4) is 0 Å². The van der Waals surface area contributed by atoms with Crippen LogP contribution in [0.1, 0.15) is 35.1 Å². The number of benzene rings is 1. The van der Waals surface area contributed by atoms with Crippen molar-refractivity contribution in [2.75, 3.05) is 13.1 Å². The lowest BCUT2D eigenvalue weighted by molar-refractivity contribution is 0.329. The standard InChI is InChI=1S/C17H22N2O/c1-12-8-13(2)16(14(3)9-12)17-15(11-20-18-17)10-19-6-4-5-7-19/h8-9,11H,4-7,10H2,1-3H3. The average molecular weight is 270 g/mol. The molecular formula is C17H22N2O. The minimum Gasteiger partial charge on any atom is -0.364 e. The van der Waals surface area contributed by atoms with E-state index >= 15 is 0 Å². The highest BCUT2D eigenvalue weighted by Gasteiger charge is 2.19. The van der Waals surface area contributed by atoms with Crippen LogP contribution in [0.5, 0.6) is 0 Å². The van der Waals surface area contributed by atoms with Gasteiger partial charge in [-0.15, -0.1) is 0 Å². The van der Waals surface area contributed by atoms with Crippen molar-refractivity contribution in [1.29, 1.82) is 0 Å². The van der Waals surface area contributed by atoms with E-state index in [0.29, 0.717) is 0 Å². The summed E-state index contributed by atoms with van der Waals surface area (Å²) in [5.41, 5.74) is 7.32. The zero-order chi connectivity index (χ0) is 14.1. The molecule has 1 aromatic carbocycles. The fraction of sp³-hybridized carbons (Fsp3) is 0.471. The molecule has 0 bridgehead atoms. The van der Waals surface area contributed by atoms with Crippen LogP contribution in [0.25, 0.3) is 11.3 Å². The predicted molar refractivity (Wildman–Crippen MR) is 80.7 cm³/mol. The molecule has 3 nitrogen and oxygen atoms in total. The monoisotopic (exact) mass is 270 g/mol. The summed E-state index contributed by atoms with van der Waals surface area (Å²) in [4.78, 5) is 2.48. The molecule has 3 heteroatoms. The quantitative estimate of drug-likeness (QED) is 0.848. The molecule has 1 aliphatic rings. The Bertz CT molecular complexity index is 586. The summed E-state index contributed by atoms with van der Waals surface area (Å²) in [6.07, 6.45) is 4.43. The van der Waals surface area contributed by atoms with Crippen molar-refractivity contribution >= 4 is 0 Å². The van der Waals surface area contributed by atoms with Crippen LogP contribution < -0.4 is 0 Å². The largest absolute Gasteiger partial charge is 0.364 e. The van der Waals surface area contributed by atoms with E-state index in [1.165, 1.54) is 53.7 Å². The van der Waals surface area contributed by atoms with E-state index in [1.54, 1.807) is 0 Å². The Hall–Kier alpha value is -1.61. The van der Waals surface area contributed by atoms with E-state index in [9.17, 15) is 0 Å². The molecule has 0 unspecified atom stereocenters. The van der Waals surface area contributed by atoms with Crippen molar-refractivity contribution in [2.45, 2.75) is 40.2 Å². The Labute approximate surface area is 120 Å². The minimum atomic E-state index is 0.950. The van der Waals surface area contributed by atoms with Crippen LogP contribution in [-0.4, -0.2) is 23.1 Å². The van der Waals surface area contributed by atoms with Gasteiger partial charge in [0.05, 0.1) is 0 Å².